The summed E-state index contributed by atoms with van der Waals surface area (Å²) in [5, 5.41) is 5.66. The predicted octanol–water partition coefficient (Wildman–Crippen LogP) is 4.19. The largest absolute Gasteiger partial charge is 0.378 e. The van der Waals surface area contributed by atoms with Crippen molar-refractivity contribution in [1.29, 1.82) is 0 Å². The van der Waals surface area contributed by atoms with E-state index >= 15 is 0 Å². The number of rotatable bonds is 4. The summed E-state index contributed by atoms with van der Waals surface area (Å²) in [5.41, 5.74) is 3.63. The predicted molar refractivity (Wildman–Crippen MR) is 99.2 cm³/mol. The lowest BCUT2D eigenvalue weighted by Crippen LogP contribution is -2.19. The maximum absolute atomic E-state index is 12.1. The highest BCUT2D eigenvalue weighted by Crippen LogP contribution is 2.17. The monoisotopic (exact) mass is 320 g/mol. The van der Waals surface area contributed by atoms with E-state index in [9.17, 15) is 4.79 Å². The van der Waals surface area contributed by atoms with E-state index in [2.05, 4.69) is 10.6 Å². The molecule has 0 bridgehead atoms. The van der Waals surface area contributed by atoms with E-state index in [0.29, 0.717) is 0 Å². The molecule has 0 unspecified atom stereocenters. The molecule has 2 amide bonds. The Bertz CT molecular complexity index is 790. The number of anilines is 3. The number of carbonyl (C=O) groups excluding carboxylic acids is 1. The lowest BCUT2D eigenvalue weighted by atomic mass is 10.2. The third-order valence-electron chi connectivity index (χ3n) is 3.67. The van der Waals surface area contributed by atoms with Crippen molar-refractivity contribution in [3.63, 3.8) is 0 Å². The van der Waals surface area contributed by atoms with Gasteiger partial charge >= 0.3 is 6.03 Å². The third-order valence-corrected chi connectivity index (χ3v) is 3.67. The second kappa shape index (κ2) is 6.91. The van der Waals surface area contributed by atoms with Crippen LogP contribution in [0.4, 0.5) is 21.9 Å². The summed E-state index contributed by atoms with van der Waals surface area (Å²) in [6.07, 6.45) is 3.96. The summed E-state index contributed by atoms with van der Waals surface area (Å²) in [7, 11) is 3.96. The molecule has 0 saturated carbocycles. The fraction of sp³-hybridized carbons (Fsp3) is 0.105. The van der Waals surface area contributed by atoms with Crippen LogP contribution in [0.5, 0.6) is 0 Å². The molecule has 0 spiro atoms. The van der Waals surface area contributed by atoms with Crippen LogP contribution in [0, 0.1) is 0 Å². The molecule has 0 atom stereocenters. The SMILES string of the molecule is CN(C)c1ccc(NC(=O)Nc2ccc(-n3cccc3)cc2)cc1. The smallest absolute Gasteiger partial charge is 0.323 e. The number of aromatic nitrogens is 1. The molecule has 122 valence electrons. The van der Waals surface area contributed by atoms with Gasteiger partial charge in [0.15, 0.2) is 0 Å². The van der Waals surface area contributed by atoms with E-state index in [1.54, 1.807) is 0 Å². The molecule has 0 fully saturated rings. The molecule has 2 aromatic carbocycles. The van der Waals surface area contributed by atoms with Crippen LogP contribution in [0.2, 0.25) is 0 Å². The zero-order valence-corrected chi connectivity index (χ0v) is 13.7. The average molecular weight is 320 g/mol. The minimum Gasteiger partial charge on any atom is -0.378 e. The van der Waals surface area contributed by atoms with Crippen LogP contribution >= 0.6 is 0 Å². The van der Waals surface area contributed by atoms with Crippen molar-refractivity contribution in [1.82, 2.24) is 4.57 Å². The molecular formula is C19H20N4O. The molecular weight excluding hydrogens is 300 g/mol. The van der Waals surface area contributed by atoms with Crippen molar-refractivity contribution in [3.05, 3.63) is 73.1 Å². The Morgan fingerprint density at radius 3 is 1.83 bits per heavy atom. The number of nitrogens with one attached hydrogen (secondary N) is 2. The highest BCUT2D eigenvalue weighted by molar-refractivity contribution is 5.99. The second-order valence-corrected chi connectivity index (χ2v) is 5.66. The summed E-state index contributed by atoms with van der Waals surface area (Å²) in [4.78, 5) is 14.1. The fourth-order valence-corrected chi connectivity index (χ4v) is 2.36. The number of nitrogens with zero attached hydrogens (tertiary/aromatic N) is 2. The summed E-state index contributed by atoms with van der Waals surface area (Å²) in [6.45, 7) is 0. The lowest BCUT2D eigenvalue weighted by molar-refractivity contribution is 0.262. The van der Waals surface area contributed by atoms with Gasteiger partial charge in [0.1, 0.15) is 0 Å². The number of benzene rings is 2. The Hall–Kier alpha value is -3.21. The minimum absolute atomic E-state index is 0.263. The number of amides is 2. The van der Waals surface area contributed by atoms with Crippen LogP contribution in [-0.4, -0.2) is 24.7 Å². The lowest BCUT2D eigenvalue weighted by Gasteiger charge is -2.13. The van der Waals surface area contributed by atoms with Gasteiger partial charge in [0.25, 0.3) is 0 Å². The first-order valence-electron chi connectivity index (χ1n) is 7.70. The maximum atomic E-state index is 12.1. The first kappa shape index (κ1) is 15.7. The Morgan fingerprint density at radius 2 is 1.33 bits per heavy atom. The van der Waals surface area contributed by atoms with E-state index in [1.807, 2.05) is 96.6 Å². The first-order valence-corrected chi connectivity index (χ1v) is 7.70. The molecule has 2 N–H and O–H groups in total. The van der Waals surface area contributed by atoms with E-state index in [-0.39, 0.29) is 6.03 Å². The van der Waals surface area contributed by atoms with Gasteiger partial charge < -0.3 is 20.1 Å². The van der Waals surface area contributed by atoms with Gasteiger partial charge in [-0.3, -0.25) is 0 Å². The summed E-state index contributed by atoms with van der Waals surface area (Å²) in [5.74, 6) is 0. The Balaban J connectivity index is 1.60. The van der Waals surface area contributed by atoms with Crippen LogP contribution in [0.3, 0.4) is 0 Å². The van der Waals surface area contributed by atoms with Crippen LogP contribution < -0.4 is 15.5 Å². The van der Waals surface area contributed by atoms with Crippen LogP contribution in [0.25, 0.3) is 5.69 Å². The van der Waals surface area contributed by atoms with Crippen molar-refractivity contribution >= 4 is 23.1 Å². The van der Waals surface area contributed by atoms with Gasteiger partial charge in [-0.1, -0.05) is 0 Å². The molecule has 0 radical (unpaired) electrons. The number of hydrogen-bond donors (Lipinski definition) is 2. The van der Waals surface area contributed by atoms with Crippen LogP contribution in [-0.2, 0) is 0 Å². The molecule has 0 aliphatic heterocycles. The van der Waals surface area contributed by atoms with Crippen molar-refractivity contribution in [3.8, 4) is 5.69 Å². The fourth-order valence-electron chi connectivity index (χ4n) is 2.36. The van der Waals surface area contributed by atoms with Gasteiger partial charge in [-0.25, -0.2) is 4.79 Å². The van der Waals surface area contributed by atoms with Gasteiger partial charge in [0.05, 0.1) is 0 Å². The highest BCUT2D eigenvalue weighted by Gasteiger charge is 2.04. The zero-order valence-electron chi connectivity index (χ0n) is 13.7. The molecule has 0 saturated heterocycles. The topological polar surface area (TPSA) is 49.3 Å². The van der Waals surface area contributed by atoms with Crippen molar-refractivity contribution in [2.75, 3.05) is 29.6 Å². The molecule has 3 aromatic rings. The molecule has 3 rings (SSSR count). The van der Waals surface area contributed by atoms with Gasteiger partial charge in [0, 0.05) is 49.2 Å². The molecule has 1 aromatic heterocycles. The molecule has 5 heteroatoms. The maximum Gasteiger partial charge on any atom is 0.323 e. The summed E-state index contributed by atoms with van der Waals surface area (Å²) in [6, 6.07) is 19.0. The number of carbonyl (C=O) groups is 1. The second-order valence-electron chi connectivity index (χ2n) is 5.66. The van der Waals surface area contributed by atoms with E-state index in [4.69, 9.17) is 0 Å². The molecule has 0 aliphatic carbocycles. The van der Waals surface area contributed by atoms with Gasteiger partial charge in [-0.15, -0.1) is 0 Å². The van der Waals surface area contributed by atoms with Gasteiger partial charge in [0.2, 0.25) is 0 Å². The highest BCUT2D eigenvalue weighted by atomic mass is 16.2. The van der Waals surface area contributed by atoms with Crippen LogP contribution in [0.15, 0.2) is 73.1 Å². The Morgan fingerprint density at radius 1 is 0.833 bits per heavy atom. The minimum atomic E-state index is -0.263. The number of hydrogen-bond acceptors (Lipinski definition) is 2. The Labute approximate surface area is 141 Å². The summed E-state index contributed by atoms with van der Waals surface area (Å²) >= 11 is 0. The van der Waals surface area contributed by atoms with Crippen molar-refractivity contribution in [2.24, 2.45) is 0 Å². The van der Waals surface area contributed by atoms with Crippen LogP contribution in [0.1, 0.15) is 0 Å². The molecule has 24 heavy (non-hydrogen) atoms. The third kappa shape index (κ3) is 3.76. The number of urea groups is 1. The zero-order chi connectivity index (χ0) is 16.9. The standard InChI is InChI=1S/C19H20N4O/c1-22(2)17-9-5-15(6-10-17)20-19(24)21-16-7-11-18(12-8-16)23-13-3-4-14-23/h3-14H,1-2H3,(H2,20,21,24). The van der Waals surface area contributed by atoms with E-state index in [1.165, 1.54) is 0 Å². The quantitative estimate of drug-likeness (QED) is 0.757. The van der Waals surface area contributed by atoms with Gasteiger partial charge in [-0.2, -0.15) is 0 Å². The van der Waals surface area contributed by atoms with Crippen molar-refractivity contribution < 1.29 is 4.79 Å². The van der Waals surface area contributed by atoms with E-state index in [0.717, 1.165) is 22.7 Å². The first-order chi connectivity index (χ1) is 11.6. The Kier molecular flexibility index (Phi) is 4.52. The summed E-state index contributed by atoms with van der Waals surface area (Å²) < 4.78 is 2.01. The molecule has 1 heterocycles. The molecule has 0 aliphatic rings. The normalized spacial score (nSPS) is 10.2. The van der Waals surface area contributed by atoms with Gasteiger partial charge in [-0.05, 0) is 60.7 Å². The molecule has 5 nitrogen and oxygen atoms in total. The van der Waals surface area contributed by atoms with Crippen molar-refractivity contribution in [2.45, 2.75) is 0 Å². The van der Waals surface area contributed by atoms with E-state index < -0.39 is 0 Å². The average Bonchev–Trinajstić information content (AvgIpc) is 3.10.